The van der Waals surface area contributed by atoms with Gasteiger partial charge >= 0.3 is 0 Å². The Bertz CT molecular complexity index is 1270. The number of rotatable bonds is 10. The van der Waals surface area contributed by atoms with Crippen molar-refractivity contribution in [3.8, 4) is 0 Å². The van der Waals surface area contributed by atoms with Gasteiger partial charge in [-0.25, -0.2) is 0 Å². The number of nitrogens with zero attached hydrogens (tertiary/aromatic N) is 1. The molecule has 2 aliphatic rings. The smallest absolute Gasteiger partial charge is 0.244 e. The zero-order valence-corrected chi connectivity index (χ0v) is 25.0. The molecule has 2 fully saturated rings. The highest BCUT2D eigenvalue weighted by Gasteiger charge is 2.34. The van der Waals surface area contributed by atoms with E-state index in [-0.39, 0.29) is 29.8 Å². The third-order valence-corrected chi connectivity index (χ3v) is 8.97. The second-order valence-corrected chi connectivity index (χ2v) is 12.2. The summed E-state index contributed by atoms with van der Waals surface area (Å²) in [6.07, 6.45) is 11.2. The van der Waals surface area contributed by atoms with Crippen LogP contribution in [0, 0.1) is 5.92 Å². The van der Waals surface area contributed by atoms with E-state index < -0.39 is 0 Å². The molecule has 0 spiro atoms. The van der Waals surface area contributed by atoms with Gasteiger partial charge in [-0.05, 0) is 53.7 Å². The van der Waals surface area contributed by atoms with Crippen LogP contribution in [-0.4, -0.2) is 48.4 Å². The summed E-state index contributed by atoms with van der Waals surface area (Å²) in [6.45, 7) is 1.77. The molecule has 1 unspecified atom stereocenters. The van der Waals surface area contributed by atoms with E-state index >= 15 is 0 Å². The number of hydrogen-bond acceptors (Lipinski definition) is 3. The van der Waals surface area contributed by atoms with Gasteiger partial charge in [0.2, 0.25) is 11.8 Å². The van der Waals surface area contributed by atoms with Gasteiger partial charge in [-0.15, -0.1) is 0 Å². The first-order chi connectivity index (χ1) is 20.5. The molecule has 5 nitrogen and oxygen atoms in total. The largest absolute Gasteiger partial charge is 0.351 e. The second-order valence-electron chi connectivity index (χ2n) is 11.7. The summed E-state index contributed by atoms with van der Waals surface area (Å²) < 4.78 is 0. The maximum atomic E-state index is 14.1. The highest BCUT2D eigenvalue weighted by atomic mass is 35.5. The molecular formula is C36H42ClN3O2. The van der Waals surface area contributed by atoms with Crippen LogP contribution in [0.4, 0.5) is 0 Å². The Kier molecular flexibility index (Phi) is 10.9. The van der Waals surface area contributed by atoms with Crippen molar-refractivity contribution in [1.82, 2.24) is 15.5 Å². The molecule has 1 aliphatic heterocycles. The van der Waals surface area contributed by atoms with Gasteiger partial charge in [0.15, 0.2) is 0 Å². The molecule has 3 aromatic carbocycles. The van der Waals surface area contributed by atoms with Gasteiger partial charge in [0.05, 0.1) is 6.04 Å². The van der Waals surface area contributed by atoms with E-state index in [0.717, 1.165) is 18.4 Å². The Hall–Kier alpha value is -3.41. The summed E-state index contributed by atoms with van der Waals surface area (Å²) >= 11 is 5.97. The zero-order valence-electron chi connectivity index (χ0n) is 24.3. The van der Waals surface area contributed by atoms with Gasteiger partial charge in [0, 0.05) is 42.7 Å². The predicted octanol–water partition coefficient (Wildman–Crippen LogP) is 6.83. The third-order valence-electron chi connectivity index (χ3n) is 8.71. The quantitative estimate of drug-likeness (QED) is 0.257. The maximum Gasteiger partial charge on any atom is 0.244 e. The van der Waals surface area contributed by atoms with Crippen molar-refractivity contribution >= 4 is 29.5 Å². The lowest BCUT2D eigenvalue weighted by Crippen LogP contribution is -2.50. The highest BCUT2D eigenvalue weighted by molar-refractivity contribution is 6.30. The monoisotopic (exact) mass is 583 g/mol. The lowest BCUT2D eigenvalue weighted by atomic mass is 9.84. The Morgan fingerprint density at radius 3 is 2.19 bits per heavy atom. The molecule has 6 heteroatoms. The van der Waals surface area contributed by atoms with Crippen LogP contribution in [0.5, 0.6) is 0 Å². The van der Waals surface area contributed by atoms with Crippen molar-refractivity contribution in [1.29, 1.82) is 0 Å². The molecule has 2 N–H and O–H groups in total. The fourth-order valence-electron chi connectivity index (χ4n) is 6.37. The Balaban J connectivity index is 1.29. The van der Waals surface area contributed by atoms with Crippen LogP contribution in [0.3, 0.4) is 0 Å². The van der Waals surface area contributed by atoms with Gasteiger partial charge in [0.25, 0.3) is 0 Å². The van der Waals surface area contributed by atoms with Gasteiger partial charge < -0.3 is 15.5 Å². The molecule has 0 radical (unpaired) electrons. The van der Waals surface area contributed by atoms with Crippen LogP contribution in [0.1, 0.15) is 67.6 Å². The van der Waals surface area contributed by atoms with Crippen LogP contribution < -0.4 is 10.6 Å². The van der Waals surface area contributed by atoms with E-state index in [9.17, 15) is 9.59 Å². The SMILES string of the molecule is O=C(/C=C/c1ccc(Cl)cc1)NC[C@@H]1CCN(CC(c2ccccc2)c2ccccc2)C(=O)C(CC2CCCCC2)N1. The summed E-state index contributed by atoms with van der Waals surface area (Å²) in [4.78, 5) is 28.9. The lowest BCUT2D eigenvalue weighted by molar-refractivity contribution is -0.133. The molecule has 1 saturated heterocycles. The minimum atomic E-state index is -0.241. The topological polar surface area (TPSA) is 61.4 Å². The summed E-state index contributed by atoms with van der Waals surface area (Å²) in [7, 11) is 0. The zero-order chi connectivity index (χ0) is 29.1. The minimum Gasteiger partial charge on any atom is -0.351 e. The number of carbonyl (C=O) groups excluding carboxylic acids is 2. The van der Waals surface area contributed by atoms with Crippen molar-refractivity contribution in [2.75, 3.05) is 19.6 Å². The number of hydrogen-bond donors (Lipinski definition) is 2. The second kappa shape index (κ2) is 15.2. The number of amides is 2. The average Bonchev–Trinajstić information content (AvgIpc) is 3.17. The van der Waals surface area contributed by atoms with E-state index in [4.69, 9.17) is 11.6 Å². The molecule has 1 heterocycles. The van der Waals surface area contributed by atoms with E-state index in [1.807, 2.05) is 36.4 Å². The first-order valence-electron chi connectivity index (χ1n) is 15.4. The normalized spacial score (nSPS) is 20.1. The van der Waals surface area contributed by atoms with Crippen LogP contribution in [0.2, 0.25) is 5.02 Å². The summed E-state index contributed by atoms with van der Waals surface area (Å²) in [5, 5.41) is 7.42. The maximum absolute atomic E-state index is 14.1. The fourth-order valence-corrected chi connectivity index (χ4v) is 6.50. The van der Waals surface area contributed by atoms with Gasteiger partial charge in [-0.2, -0.15) is 0 Å². The molecule has 1 aliphatic carbocycles. The van der Waals surface area contributed by atoms with Crippen LogP contribution in [0.15, 0.2) is 91.0 Å². The summed E-state index contributed by atoms with van der Waals surface area (Å²) in [6, 6.07) is 28.2. The first kappa shape index (κ1) is 30.1. The lowest BCUT2D eigenvalue weighted by Gasteiger charge is -2.31. The molecule has 0 aromatic heterocycles. The fraction of sp³-hybridized carbons (Fsp3) is 0.389. The van der Waals surface area contributed by atoms with E-state index in [2.05, 4.69) is 64.1 Å². The van der Waals surface area contributed by atoms with E-state index in [1.165, 1.54) is 43.2 Å². The van der Waals surface area contributed by atoms with Crippen molar-refractivity contribution < 1.29 is 9.59 Å². The molecule has 0 bridgehead atoms. The highest BCUT2D eigenvalue weighted by Crippen LogP contribution is 2.30. The van der Waals surface area contributed by atoms with Gasteiger partial charge in [0.1, 0.15) is 0 Å². The van der Waals surface area contributed by atoms with E-state index in [1.54, 1.807) is 12.2 Å². The molecule has 2 amide bonds. The average molecular weight is 584 g/mol. The first-order valence-corrected chi connectivity index (χ1v) is 15.8. The Morgan fingerprint density at radius 2 is 1.55 bits per heavy atom. The summed E-state index contributed by atoms with van der Waals surface area (Å²) in [5.74, 6) is 0.711. The van der Waals surface area contributed by atoms with Crippen LogP contribution >= 0.6 is 11.6 Å². The molecular weight excluding hydrogens is 542 g/mol. The van der Waals surface area contributed by atoms with Crippen molar-refractivity contribution in [3.05, 3.63) is 113 Å². The Morgan fingerprint density at radius 1 is 0.905 bits per heavy atom. The molecule has 42 heavy (non-hydrogen) atoms. The summed E-state index contributed by atoms with van der Waals surface area (Å²) in [5.41, 5.74) is 3.35. The Labute approximate surface area is 255 Å². The van der Waals surface area contributed by atoms with Gasteiger partial charge in [-0.1, -0.05) is 117 Å². The standard InChI is InChI=1S/C36H42ClN3O2/c37-31-19-16-27(17-20-31)18-21-35(41)38-25-32-22-23-40(36(42)34(39-32)24-28-10-4-1-5-11-28)26-33(29-12-6-2-7-13-29)30-14-8-3-9-15-30/h2-3,6-9,12-21,28,32-34,39H,1,4-5,10-11,22-26H2,(H,38,41)/b21-18+/t32-,34?/m0/s1. The number of carbonyl (C=O) groups is 2. The van der Waals surface area contributed by atoms with Crippen LogP contribution in [-0.2, 0) is 9.59 Å². The molecule has 5 rings (SSSR count). The number of halogens is 1. The van der Waals surface area contributed by atoms with Crippen molar-refractivity contribution in [3.63, 3.8) is 0 Å². The van der Waals surface area contributed by atoms with Crippen molar-refractivity contribution in [2.24, 2.45) is 5.92 Å². The van der Waals surface area contributed by atoms with Crippen molar-refractivity contribution in [2.45, 2.75) is 62.9 Å². The minimum absolute atomic E-state index is 0.0207. The molecule has 220 valence electrons. The predicted molar refractivity (Wildman–Crippen MR) is 171 cm³/mol. The molecule has 1 saturated carbocycles. The van der Waals surface area contributed by atoms with Gasteiger partial charge in [-0.3, -0.25) is 9.59 Å². The van der Waals surface area contributed by atoms with E-state index in [0.29, 0.717) is 30.6 Å². The van der Waals surface area contributed by atoms with Crippen LogP contribution in [0.25, 0.3) is 6.08 Å². The number of nitrogens with one attached hydrogen (secondary N) is 2. The molecule has 3 aromatic rings. The molecule has 2 atom stereocenters. The third kappa shape index (κ3) is 8.56. The number of benzene rings is 3.